The zero-order valence-electron chi connectivity index (χ0n) is 16.8. The van der Waals surface area contributed by atoms with Gasteiger partial charge in [0.1, 0.15) is 6.29 Å². The maximum absolute atomic E-state index is 10.8. The maximum atomic E-state index is 10.8. The molecule has 26 heavy (non-hydrogen) atoms. The minimum atomic E-state index is -1.81. The van der Waals surface area contributed by atoms with Crippen molar-refractivity contribution in [2.45, 2.75) is 96.7 Å². The molecule has 2 N–H and O–H groups in total. The third-order valence-electron chi connectivity index (χ3n) is 9.76. The average molecular weight is 363 g/mol. The second-order valence-corrected chi connectivity index (χ2v) is 10.8. The number of carbonyl (C=O) groups is 1. The molecule has 4 saturated carbocycles. The number of hydrogen-bond donors (Lipinski definition) is 2. The van der Waals surface area contributed by atoms with Crippen LogP contribution in [0.1, 0.15) is 90.9 Å². The summed E-state index contributed by atoms with van der Waals surface area (Å²) < 4.78 is 0. The van der Waals surface area contributed by atoms with Gasteiger partial charge in [-0.15, -0.1) is 0 Å². The van der Waals surface area contributed by atoms with Crippen LogP contribution in [-0.2, 0) is 4.79 Å². The molecule has 148 valence electrons. The van der Waals surface area contributed by atoms with Crippen LogP contribution >= 0.6 is 0 Å². The van der Waals surface area contributed by atoms with Gasteiger partial charge in [-0.2, -0.15) is 0 Å². The van der Waals surface area contributed by atoms with E-state index < -0.39 is 5.79 Å². The molecule has 4 aliphatic carbocycles. The molecule has 4 aliphatic rings. The van der Waals surface area contributed by atoms with E-state index in [0.717, 1.165) is 30.1 Å². The van der Waals surface area contributed by atoms with Gasteiger partial charge in [0, 0.05) is 6.42 Å². The van der Waals surface area contributed by atoms with Crippen LogP contribution < -0.4 is 0 Å². The molecule has 0 amide bonds. The van der Waals surface area contributed by atoms with Crippen molar-refractivity contribution in [2.24, 2.45) is 40.4 Å². The predicted octanol–water partition coefficient (Wildman–Crippen LogP) is 4.70. The summed E-state index contributed by atoms with van der Waals surface area (Å²) in [6.07, 6.45) is 14.3. The van der Waals surface area contributed by atoms with Crippen LogP contribution in [0.3, 0.4) is 0 Å². The van der Waals surface area contributed by atoms with Gasteiger partial charge < -0.3 is 15.0 Å². The Morgan fingerprint density at radius 3 is 2.46 bits per heavy atom. The Kier molecular flexibility index (Phi) is 4.79. The van der Waals surface area contributed by atoms with Crippen LogP contribution in [0.4, 0.5) is 0 Å². The lowest BCUT2D eigenvalue weighted by molar-refractivity contribution is -0.187. The van der Waals surface area contributed by atoms with Crippen molar-refractivity contribution in [1.82, 2.24) is 0 Å². The van der Waals surface area contributed by atoms with Crippen LogP contribution in [-0.4, -0.2) is 22.3 Å². The molecule has 0 spiro atoms. The molecular weight excluding hydrogens is 324 g/mol. The zero-order valence-corrected chi connectivity index (χ0v) is 16.8. The van der Waals surface area contributed by atoms with Crippen LogP contribution in [0.5, 0.6) is 0 Å². The minimum absolute atomic E-state index is 0.157. The average Bonchev–Trinajstić information content (AvgIpc) is 2.90. The fourth-order valence-corrected chi connectivity index (χ4v) is 8.35. The predicted molar refractivity (Wildman–Crippen MR) is 102 cm³/mol. The lowest BCUT2D eigenvalue weighted by Crippen LogP contribution is -2.53. The smallest absolute Gasteiger partial charge is 0.169 e. The van der Waals surface area contributed by atoms with E-state index >= 15 is 0 Å². The summed E-state index contributed by atoms with van der Waals surface area (Å²) in [7, 11) is 0. The van der Waals surface area contributed by atoms with E-state index in [9.17, 15) is 15.0 Å². The Bertz CT molecular complexity index is 544. The molecule has 0 aliphatic heterocycles. The molecular formula is C23H38O3. The molecule has 4 fully saturated rings. The molecule has 7 unspecified atom stereocenters. The van der Waals surface area contributed by atoms with E-state index in [-0.39, 0.29) is 11.8 Å². The Hall–Kier alpha value is -0.410. The SMILES string of the molecule is CC12CCCCC1CCC1C2CCC2(C)C(CC(O)(O)CC=O)CCC12. The van der Waals surface area contributed by atoms with Gasteiger partial charge in [-0.25, -0.2) is 0 Å². The largest absolute Gasteiger partial charge is 0.365 e. The van der Waals surface area contributed by atoms with Crippen LogP contribution in [0.15, 0.2) is 0 Å². The summed E-state index contributed by atoms with van der Waals surface area (Å²) in [5.41, 5.74) is 0.800. The van der Waals surface area contributed by atoms with E-state index in [0.29, 0.717) is 24.0 Å². The number of hydrogen-bond acceptors (Lipinski definition) is 3. The Morgan fingerprint density at radius 1 is 0.923 bits per heavy atom. The first-order valence-corrected chi connectivity index (χ1v) is 11.2. The van der Waals surface area contributed by atoms with E-state index in [1.807, 2.05) is 0 Å². The van der Waals surface area contributed by atoms with E-state index in [2.05, 4.69) is 13.8 Å². The molecule has 0 aromatic heterocycles. The molecule has 0 radical (unpaired) electrons. The summed E-state index contributed by atoms with van der Waals surface area (Å²) in [4.78, 5) is 10.8. The monoisotopic (exact) mass is 362 g/mol. The van der Waals surface area contributed by atoms with Gasteiger partial charge in [0.2, 0.25) is 0 Å². The van der Waals surface area contributed by atoms with Crippen molar-refractivity contribution >= 4 is 6.29 Å². The highest BCUT2D eigenvalue weighted by molar-refractivity contribution is 5.50. The van der Waals surface area contributed by atoms with Crippen molar-refractivity contribution in [3.8, 4) is 0 Å². The van der Waals surface area contributed by atoms with Crippen LogP contribution in [0.25, 0.3) is 0 Å². The van der Waals surface area contributed by atoms with Crippen molar-refractivity contribution in [1.29, 1.82) is 0 Å². The van der Waals surface area contributed by atoms with E-state index in [1.54, 1.807) is 0 Å². The number of carbonyl (C=O) groups excluding carboxylic acids is 1. The van der Waals surface area contributed by atoms with Gasteiger partial charge in [-0.1, -0.05) is 26.7 Å². The first kappa shape index (κ1) is 18.9. The lowest BCUT2D eigenvalue weighted by atomic mass is 9.45. The molecule has 0 aromatic carbocycles. The van der Waals surface area contributed by atoms with Crippen LogP contribution in [0.2, 0.25) is 0 Å². The quantitative estimate of drug-likeness (QED) is 0.563. The van der Waals surface area contributed by atoms with Crippen molar-refractivity contribution < 1.29 is 15.0 Å². The fraction of sp³-hybridized carbons (Fsp3) is 0.957. The van der Waals surface area contributed by atoms with Gasteiger partial charge in [-0.3, -0.25) is 0 Å². The second kappa shape index (κ2) is 6.58. The van der Waals surface area contributed by atoms with Gasteiger partial charge in [0.15, 0.2) is 5.79 Å². The fourth-order valence-electron chi connectivity index (χ4n) is 8.35. The molecule has 3 nitrogen and oxygen atoms in total. The summed E-state index contributed by atoms with van der Waals surface area (Å²) in [5.74, 6) is 1.97. The molecule has 0 bridgehead atoms. The Balaban J connectivity index is 1.54. The summed E-state index contributed by atoms with van der Waals surface area (Å²) in [6.45, 7) is 5.04. The third kappa shape index (κ3) is 2.89. The van der Waals surface area contributed by atoms with Crippen LogP contribution in [0, 0.1) is 40.4 Å². The first-order chi connectivity index (χ1) is 12.3. The topological polar surface area (TPSA) is 57.5 Å². The minimum Gasteiger partial charge on any atom is -0.365 e. The molecule has 3 heteroatoms. The molecule has 4 rings (SSSR count). The Labute approximate surface area is 158 Å². The van der Waals surface area contributed by atoms with Gasteiger partial charge in [0.05, 0.1) is 6.42 Å². The third-order valence-corrected chi connectivity index (χ3v) is 9.76. The van der Waals surface area contributed by atoms with Crippen molar-refractivity contribution in [2.75, 3.05) is 0 Å². The second-order valence-electron chi connectivity index (χ2n) is 10.8. The summed E-state index contributed by atoms with van der Waals surface area (Å²) in [5, 5.41) is 20.5. The van der Waals surface area contributed by atoms with Gasteiger partial charge in [0.25, 0.3) is 0 Å². The van der Waals surface area contributed by atoms with Gasteiger partial charge >= 0.3 is 0 Å². The lowest BCUT2D eigenvalue weighted by Gasteiger charge is -2.60. The highest BCUT2D eigenvalue weighted by atomic mass is 16.5. The molecule has 0 saturated heterocycles. The van der Waals surface area contributed by atoms with Gasteiger partial charge in [-0.05, 0) is 91.8 Å². The first-order valence-electron chi connectivity index (χ1n) is 11.2. The highest BCUT2D eigenvalue weighted by Gasteiger charge is 2.60. The van der Waals surface area contributed by atoms with E-state index in [4.69, 9.17) is 0 Å². The molecule has 0 heterocycles. The Morgan fingerprint density at radius 2 is 1.69 bits per heavy atom. The standard InChI is InChI=1S/C23H38O3/c1-21-11-4-3-5-16(21)6-8-18-19-9-7-17(15-23(25,26)13-14-24)22(19,2)12-10-20(18)21/h14,16-20,25-26H,3-13,15H2,1-2H3. The number of aldehydes is 1. The number of rotatable bonds is 4. The number of aliphatic hydroxyl groups is 2. The maximum Gasteiger partial charge on any atom is 0.169 e. The highest BCUT2D eigenvalue weighted by Crippen LogP contribution is 2.68. The normalized spacial score (nSPS) is 48.4. The van der Waals surface area contributed by atoms with Crippen molar-refractivity contribution in [3.05, 3.63) is 0 Å². The van der Waals surface area contributed by atoms with Crippen molar-refractivity contribution in [3.63, 3.8) is 0 Å². The molecule has 0 aromatic rings. The molecule has 7 atom stereocenters. The number of fused-ring (bicyclic) bond motifs is 5. The summed E-state index contributed by atoms with van der Waals surface area (Å²) in [6, 6.07) is 0. The zero-order chi connectivity index (χ0) is 18.6. The summed E-state index contributed by atoms with van der Waals surface area (Å²) >= 11 is 0. The van der Waals surface area contributed by atoms with E-state index in [1.165, 1.54) is 57.8 Å².